The minimum atomic E-state index is -0.278. The second kappa shape index (κ2) is 9.08. The van der Waals surface area contributed by atoms with Crippen LogP contribution < -0.4 is 10.1 Å². The summed E-state index contributed by atoms with van der Waals surface area (Å²) in [5, 5.41) is 2.88. The Hall–Kier alpha value is -3.28. The summed E-state index contributed by atoms with van der Waals surface area (Å²) in [5.74, 6) is -0.303. The van der Waals surface area contributed by atoms with Gasteiger partial charge in [-0.05, 0) is 42.2 Å². The summed E-state index contributed by atoms with van der Waals surface area (Å²) >= 11 is 0. The molecule has 0 radical (unpaired) electrons. The maximum atomic E-state index is 12.9. The summed E-state index contributed by atoms with van der Waals surface area (Å²) in [6, 6.07) is 14.6. The third-order valence-electron chi connectivity index (χ3n) is 4.19. The van der Waals surface area contributed by atoms with Crippen molar-refractivity contribution in [1.82, 2.24) is 15.3 Å². The Kier molecular flexibility index (Phi) is 6.32. The number of rotatable bonds is 7. The van der Waals surface area contributed by atoms with Gasteiger partial charge in [-0.2, -0.15) is 0 Å². The molecule has 0 bridgehead atoms. The van der Waals surface area contributed by atoms with Crippen molar-refractivity contribution in [2.75, 3.05) is 0 Å². The zero-order valence-electron chi connectivity index (χ0n) is 15.9. The lowest BCUT2D eigenvalue weighted by Crippen LogP contribution is -2.31. The first-order valence-electron chi connectivity index (χ1n) is 9.05. The van der Waals surface area contributed by atoms with Gasteiger partial charge in [0.1, 0.15) is 12.4 Å². The molecule has 0 saturated heterocycles. The number of carbonyl (C=O) groups excluding carboxylic acids is 1. The van der Waals surface area contributed by atoms with E-state index in [0.29, 0.717) is 0 Å². The molecule has 6 heteroatoms. The molecule has 1 unspecified atom stereocenters. The monoisotopic (exact) mass is 379 g/mol. The molecule has 1 amide bonds. The Morgan fingerprint density at radius 2 is 1.61 bits per heavy atom. The minimum absolute atomic E-state index is 0.0250. The van der Waals surface area contributed by atoms with Crippen LogP contribution in [0.3, 0.4) is 0 Å². The van der Waals surface area contributed by atoms with E-state index < -0.39 is 0 Å². The third kappa shape index (κ3) is 5.61. The van der Waals surface area contributed by atoms with Crippen LogP contribution in [0.4, 0.5) is 4.39 Å². The Morgan fingerprint density at radius 3 is 2.21 bits per heavy atom. The Bertz CT molecular complexity index is 910. The first-order chi connectivity index (χ1) is 13.5. The van der Waals surface area contributed by atoms with Gasteiger partial charge in [0.25, 0.3) is 0 Å². The highest BCUT2D eigenvalue weighted by atomic mass is 19.1. The van der Waals surface area contributed by atoms with E-state index in [1.165, 1.54) is 19.1 Å². The molecule has 1 aromatic heterocycles. The predicted molar refractivity (Wildman–Crippen MR) is 105 cm³/mol. The minimum Gasteiger partial charge on any atom is -0.459 e. The molecule has 0 spiro atoms. The predicted octanol–water partition coefficient (Wildman–Crippen LogP) is 3.93. The lowest BCUT2D eigenvalue weighted by molar-refractivity contribution is -0.119. The van der Waals surface area contributed by atoms with Gasteiger partial charge in [0.05, 0.1) is 0 Å². The molecule has 0 saturated carbocycles. The van der Waals surface area contributed by atoms with Crippen LogP contribution in [0.15, 0.2) is 60.9 Å². The van der Waals surface area contributed by atoms with Crippen molar-refractivity contribution >= 4 is 5.91 Å². The fraction of sp³-hybridized carbons (Fsp3) is 0.227. The maximum Gasteiger partial charge on any atom is 0.316 e. The van der Waals surface area contributed by atoms with Crippen LogP contribution in [-0.4, -0.2) is 21.9 Å². The van der Waals surface area contributed by atoms with E-state index in [9.17, 15) is 9.18 Å². The highest BCUT2D eigenvalue weighted by molar-refractivity contribution is 5.73. The van der Waals surface area contributed by atoms with Crippen molar-refractivity contribution in [3.05, 3.63) is 77.9 Å². The normalized spacial score (nSPS) is 11.7. The number of nitrogens with zero attached hydrogens (tertiary/aromatic N) is 2. The molecule has 2 aromatic carbocycles. The molecular weight excluding hydrogens is 357 g/mol. The molecule has 1 atom stereocenters. The third-order valence-corrected chi connectivity index (χ3v) is 4.19. The van der Waals surface area contributed by atoms with Crippen LogP contribution in [0.25, 0.3) is 11.1 Å². The van der Waals surface area contributed by atoms with Gasteiger partial charge in [0.2, 0.25) is 5.91 Å². The molecule has 1 heterocycles. The van der Waals surface area contributed by atoms with Gasteiger partial charge in [-0.25, -0.2) is 14.4 Å². The molecule has 144 valence electrons. The van der Waals surface area contributed by atoms with Crippen molar-refractivity contribution in [2.45, 2.75) is 32.9 Å². The largest absolute Gasteiger partial charge is 0.459 e. The van der Waals surface area contributed by atoms with Crippen LogP contribution in [0.1, 0.15) is 25.0 Å². The summed E-state index contributed by atoms with van der Waals surface area (Å²) < 4.78 is 18.4. The summed E-state index contributed by atoms with van der Waals surface area (Å²) in [5.41, 5.74) is 3.87. The molecule has 3 aromatic rings. The first-order valence-corrected chi connectivity index (χ1v) is 9.05. The van der Waals surface area contributed by atoms with Crippen molar-refractivity contribution in [1.29, 1.82) is 0 Å². The van der Waals surface area contributed by atoms with Crippen LogP contribution in [0, 0.1) is 5.82 Å². The average Bonchev–Trinajstić information content (AvgIpc) is 2.68. The quantitative estimate of drug-likeness (QED) is 0.676. The van der Waals surface area contributed by atoms with Crippen molar-refractivity contribution in [3.63, 3.8) is 0 Å². The second-order valence-corrected chi connectivity index (χ2v) is 6.67. The van der Waals surface area contributed by atoms with Crippen molar-refractivity contribution in [2.24, 2.45) is 0 Å². The van der Waals surface area contributed by atoms with E-state index in [1.807, 2.05) is 31.2 Å². The van der Waals surface area contributed by atoms with Gasteiger partial charge in [0, 0.05) is 30.9 Å². The summed E-state index contributed by atoms with van der Waals surface area (Å²) in [7, 11) is 0. The molecule has 28 heavy (non-hydrogen) atoms. The number of aromatic nitrogens is 2. The Morgan fingerprint density at radius 1 is 1.00 bits per heavy atom. The van der Waals surface area contributed by atoms with Gasteiger partial charge in [-0.15, -0.1) is 0 Å². The number of carbonyl (C=O) groups is 1. The number of hydrogen-bond donors (Lipinski definition) is 1. The number of benzene rings is 2. The highest BCUT2D eigenvalue weighted by Gasteiger charge is 2.06. The molecule has 0 fully saturated rings. The molecule has 0 aliphatic heterocycles. The highest BCUT2D eigenvalue weighted by Crippen LogP contribution is 2.20. The fourth-order valence-electron chi connectivity index (χ4n) is 2.85. The van der Waals surface area contributed by atoms with Crippen LogP contribution in [0.2, 0.25) is 0 Å². The zero-order valence-corrected chi connectivity index (χ0v) is 15.9. The van der Waals surface area contributed by atoms with Crippen LogP contribution >= 0.6 is 0 Å². The lowest BCUT2D eigenvalue weighted by atomic mass is 10.0. The Balaban J connectivity index is 1.58. The van der Waals surface area contributed by atoms with E-state index in [2.05, 4.69) is 15.3 Å². The zero-order chi connectivity index (χ0) is 19.9. The van der Waals surface area contributed by atoms with Gasteiger partial charge < -0.3 is 10.1 Å². The van der Waals surface area contributed by atoms with Crippen LogP contribution in [-0.2, 0) is 17.8 Å². The summed E-state index contributed by atoms with van der Waals surface area (Å²) in [4.78, 5) is 19.6. The molecule has 0 aliphatic carbocycles. The topological polar surface area (TPSA) is 64.1 Å². The molecule has 0 aliphatic rings. The SMILES string of the molecule is CC(=O)NC(C)Cc1ccc(-c2cnc(OCc3ccc(F)cc3)nc2)cc1. The van der Waals surface area contributed by atoms with E-state index >= 15 is 0 Å². The van der Waals surface area contributed by atoms with E-state index in [1.54, 1.807) is 24.5 Å². The van der Waals surface area contributed by atoms with Crippen molar-refractivity contribution in [3.8, 4) is 17.1 Å². The van der Waals surface area contributed by atoms with Gasteiger partial charge in [-0.3, -0.25) is 4.79 Å². The summed E-state index contributed by atoms with van der Waals surface area (Å²) in [6.45, 7) is 3.78. The number of hydrogen-bond acceptors (Lipinski definition) is 4. The van der Waals surface area contributed by atoms with Crippen molar-refractivity contribution < 1.29 is 13.9 Å². The lowest BCUT2D eigenvalue weighted by Gasteiger charge is -2.12. The van der Waals surface area contributed by atoms with Gasteiger partial charge in [0.15, 0.2) is 0 Å². The number of amides is 1. The Labute approximate surface area is 163 Å². The number of halogens is 1. The smallest absolute Gasteiger partial charge is 0.316 e. The first kappa shape index (κ1) is 19.5. The summed E-state index contributed by atoms with van der Waals surface area (Å²) in [6.07, 6.45) is 4.19. The van der Waals surface area contributed by atoms with Gasteiger partial charge in [-0.1, -0.05) is 36.4 Å². The fourth-order valence-corrected chi connectivity index (χ4v) is 2.85. The van der Waals surface area contributed by atoms with E-state index in [0.717, 1.165) is 28.7 Å². The average molecular weight is 379 g/mol. The molecular formula is C22H22FN3O2. The molecule has 1 N–H and O–H groups in total. The maximum absolute atomic E-state index is 12.9. The number of ether oxygens (including phenoxy) is 1. The number of nitrogens with one attached hydrogen (secondary N) is 1. The van der Waals surface area contributed by atoms with Crippen LogP contribution in [0.5, 0.6) is 6.01 Å². The van der Waals surface area contributed by atoms with E-state index in [-0.39, 0.29) is 30.4 Å². The standard InChI is InChI=1S/C22H22FN3O2/c1-15(26-16(2)27)11-17-3-7-19(8-4-17)20-12-24-22(25-13-20)28-14-18-5-9-21(23)10-6-18/h3-10,12-13,15H,11,14H2,1-2H3,(H,26,27). The van der Waals surface area contributed by atoms with E-state index in [4.69, 9.17) is 4.74 Å². The second-order valence-electron chi connectivity index (χ2n) is 6.67. The molecule has 5 nitrogen and oxygen atoms in total. The van der Waals surface area contributed by atoms with Gasteiger partial charge >= 0.3 is 6.01 Å². The molecule has 3 rings (SSSR count).